The van der Waals surface area contributed by atoms with Crippen LogP contribution in [0.2, 0.25) is 0 Å². The van der Waals surface area contributed by atoms with Gasteiger partial charge in [-0.25, -0.2) is 4.98 Å². The molecule has 2 aliphatic rings. The molecule has 3 aromatic rings. The number of carbonyl (C=O) groups is 2. The summed E-state index contributed by atoms with van der Waals surface area (Å²) in [6, 6.07) is 11.7. The number of carbonyl (C=O) groups excluding carboxylic acids is 2. The van der Waals surface area contributed by atoms with Crippen molar-refractivity contribution in [3.63, 3.8) is 0 Å². The summed E-state index contributed by atoms with van der Waals surface area (Å²) in [6.45, 7) is 3.48. The predicted octanol–water partition coefficient (Wildman–Crippen LogP) is 3.21. The summed E-state index contributed by atoms with van der Waals surface area (Å²) in [5, 5.41) is 13.1. The Morgan fingerprint density at radius 2 is 1.71 bits per heavy atom. The topological polar surface area (TPSA) is 91.3 Å². The van der Waals surface area contributed by atoms with Gasteiger partial charge in [0, 0.05) is 61.4 Å². The van der Waals surface area contributed by atoms with Crippen molar-refractivity contribution in [1.82, 2.24) is 25.0 Å². The number of benzene rings is 1. The highest BCUT2D eigenvalue weighted by Crippen LogP contribution is 2.31. The Kier molecular flexibility index (Phi) is 6.49. The lowest BCUT2D eigenvalue weighted by atomic mass is 9.81. The molecule has 1 N–H and O–H groups in total. The molecule has 8 heteroatoms. The Balaban J connectivity index is 1.20. The first-order chi connectivity index (χ1) is 16.6. The number of nitrogens with one attached hydrogen (secondary N) is 1. The van der Waals surface area contributed by atoms with Gasteiger partial charge in [-0.15, -0.1) is 0 Å². The average molecular weight is 459 g/mol. The van der Waals surface area contributed by atoms with Gasteiger partial charge in [-0.2, -0.15) is 10.2 Å². The summed E-state index contributed by atoms with van der Waals surface area (Å²) in [4.78, 5) is 34.5. The molecule has 34 heavy (non-hydrogen) atoms. The molecule has 1 aliphatic carbocycles. The molecule has 0 bridgehead atoms. The monoisotopic (exact) mass is 458 g/mol. The fraction of sp³-hybridized carbons (Fsp3) is 0.423. The van der Waals surface area contributed by atoms with Gasteiger partial charge in [0.25, 0.3) is 0 Å². The van der Waals surface area contributed by atoms with Gasteiger partial charge in [-0.3, -0.25) is 9.59 Å². The molecule has 1 aromatic carbocycles. The van der Waals surface area contributed by atoms with Crippen molar-refractivity contribution < 1.29 is 9.59 Å². The van der Waals surface area contributed by atoms with Crippen molar-refractivity contribution in [2.24, 2.45) is 11.8 Å². The van der Waals surface area contributed by atoms with E-state index in [2.05, 4.69) is 32.4 Å². The minimum absolute atomic E-state index is 0.0116. The zero-order valence-corrected chi connectivity index (χ0v) is 19.5. The number of pyridine rings is 1. The number of amides is 2. The Hall–Kier alpha value is -3.39. The zero-order chi connectivity index (χ0) is 23.5. The normalized spacial score (nSPS) is 21.4. The molecule has 1 aliphatic heterocycles. The molecule has 1 saturated carbocycles. The van der Waals surface area contributed by atoms with Gasteiger partial charge in [-0.05, 0) is 62.4 Å². The van der Waals surface area contributed by atoms with Gasteiger partial charge in [0.2, 0.25) is 11.8 Å². The van der Waals surface area contributed by atoms with Gasteiger partial charge >= 0.3 is 0 Å². The van der Waals surface area contributed by atoms with E-state index in [4.69, 9.17) is 0 Å². The Morgan fingerprint density at radius 3 is 2.44 bits per heavy atom. The fourth-order valence-electron chi connectivity index (χ4n) is 4.94. The fourth-order valence-corrected chi connectivity index (χ4v) is 4.94. The third-order valence-electron chi connectivity index (χ3n) is 7.10. The molecule has 176 valence electrons. The maximum atomic E-state index is 12.9. The van der Waals surface area contributed by atoms with Crippen LogP contribution < -0.4 is 5.32 Å². The van der Waals surface area contributed by atoms with Gasteiger partial charge in [0.1, 0.15) is 5.82 Å². The Bertz CT molecular complexity index is 1170. The van der Waals surface area contributed by atoms with Crippen LogP contribution in [0, 0.1) is 11.8 Å². The summed E-state index contributed by atoms with van der Waals surface area (Å²) in [6.07, 6.45) is 6.45. The van der Waals surface area contributed by atoms with Crippen molar-refractivity contribution in [1.29, 1.82) is 0 Å². The Morgan fingerprint density at radius 1 is 0.941 bits per heavy atom. The summed E-state index contributed by atoms with van der Waals surface area (Å²) in [7, 11) is 2.09. The van der Waals surface area contributed by atoms with Crippen LogP contribution in [0.4, 0.5) is 5.82 Å². The van der Waals surface area contributed by atoms with Crippen LogP contribution >= 0.6 is 0 Å². The second-order valence-electron chi connectivity index (χ2n) is 9.41. The lowest BCUT2D eigenvalue weighted by Crippen LogP contribution is -2.49. The third kappa shape index (κ3) is 4.92. The second kappa shape index (κ2) is 9.85. The first-order valence-corrected chi connectivity index (χ1v) is 12.0. The van der Waals surface area contributed by atoms with E-state index < -0.39 is 0 Å². The van der Waals surface area contributed by atoms with Crippen LogP contribution in [0.5, 0.6) is 0 Å². The summed E-state index contributed by atoms with van der Waals surface area (Å²) >= 11 is 0. The predicted molar refractivity (Wildman–Crippen MR) is 131 cm³/mol. The molecule has 0 radical (unpaired) electrons. The van der Waals surface area contributed by atoms with E-state index in [9.17, 15) is 9.59 Å². The van der Waals surface area contributed by atoms with Crippen LogP contribution in [0.1, 0.15) is 25.7 Å². The van der Waals surface area contributed by atoms with Crippen LogP contribution in [-0.2, 0) is 9.59 Å². The minimum atomic E-state index is -0.0834. The van der Waals surface area contributed by atoms with Gasteiger partial charge in [-0.1, -0.05) is 12.1 Å². The number of anilines is 1. The highest BCUT2D eigenvalue weighted by molar-refractivity contribution is 5.95. The van der Waals surface area contributed by atoms with Crippen LogP contribution in [0.3, 0.4) is 0 Å². The SMILES string of the molecule is CN1CCN(C(=O)[C@H]2CC[C@H](C(=O)Nc3cc4cc(-c5cccnn5)ccc4cn3)CC2)CC1. The number of hydrogen-bond acceptors (Lipinski definition) is 6. The lowest BCUT2D eigenvalue weighted by molar-refractivity contribution is -0.139. The molecule has 2 amide bonds. The molecular weight excluding hydrogens is 428 g/mol. The summed E-state index contributed by atoms with van der Waals surface area (Å²) in [5.41, 5.74) is 1.77. The van der Waals surface area contributed by atoms with Crippen molar-refractivity contribution >= 4 is 28.4 Å². The highest BCUT2D eigenvalue weighted by atomic mass is 16.2. The largest absolute Gasteiger partial charge is 0.340 e. The van der Waals surface area contributed by atoms with E-state index in [1.807, 2.05) is 41.3 Å². The molecule has 0 atom stereocenters. The summed E-state index contributed by atoms with van der Waals surface area (Å²) in [5.74, 6) is 0.764. The van der Waals surface area contributed by atoms with Gasteiger partial charge in [0.15, 0.2) is 0 Å². The number of rotatable bonds is 4. The third-order valence-corrected chi connectivity index (χ3v) is 7.10. The van der Waals surface area contributed by atoms with E-state index in [0.29, 0.717) is 5.82 Å². The quantitative estimate of drug-likeness (QED) is 0.646. The molecule has 5 rings (SSSR count). The molecule has 8 nitrogen and oxygen atoms in total. The van der Waals surface area contributed by atoms with E-state index in [-0.39, 0.29) is 23.7 Å². The minimum Gasteiger partial charge on any atom is -0.340 e. The number of likely N-dealkylation sites (N-methyl/N-ethyl adjacent to an activating group) is 1. The maximum absolute atomic E-state index is 12.9. The number of fused-ring (bicyclic) bond motifs is 1. The van der Waals surface area contributed by atoms with Crippen molar-refractivity contribution in [2.45, 2.75) is 25.7 Å². The number of aromatic nitrogens is 3. The first-order valence-electron chi connectivity index (χ1n) is 12.0. The number of piperazine rings is 1. The Labute approximate surface area is 199 Å². The standard InChI is InChI=1S/C26H30N6O2/c1-31-11-13-32(14-12-31)26(34)19-6-4-18(5-7-19)25(33)29-24-16-22-15-20(8-9-21(22)17-27-24)23-3-2-10-28-30-23/h2-3,8-10,15-19H,4-7,11-14H2,1H3,(H,27,29,33)/t18-,19-. The van der Waals surface area contributed by atoms with Crippen LogP contribution in [-0.4, -0.2) is 70.0 Å². The average Bonchev–Trinajstić information content (AvgIpc) is 2.89. The van der Waals surface area contributed by atoms with Gasteiger partial charge < -0.3 is 15.1 Å². The molecule has 2 fully saturated rings. The first kappa shape index (κ1) is 22.4. The van der Waals surface area contributed by atoms with E-state index in [1.165, 1.54) is 0 Å². The van der Waals surface area contributed by atoms with Crippen molar-refractivity contribution in [2.75, 3.05) is 38.5 Å². The molecular formula is C26H30N6O2. The van der Waals surface area contributed by atoms with Gasteiger partial charge in [0.05, 0.1) is 5.69 Å². The second-order valence-corrected chi connectivity index (χ2v) is 9.41. The van der Waals surface area contributed by atoms with Crippen molar-refractivity contribution in [3.8, 4) is 11.3 Å². The molecule has 1 saturated heterocycles. The molecule has 3 heterocycles. The van der Waals surface area contributed by atoms with E-state index in [1.54, 1.807) is 12.4 Å². The molecule has 0 spiro atoms. The van der Waals surface area contributed by atoms with Crippen LogP contribution in [0.25, 0.3) is 22.0 Å². The highest BCUT2D eigenvalue weighted by Gasteiger charge is 2.33. The maximum Gasteiger partial charge on any atom is 0.228 e. The number of nitrogens with zero attached hydrogens (tertiary/aromatic N) is 5. The zero-order valence-electron chi connectivity index (χ0n) is 19.5. The number of hydrogen-bond donors (Lipinski definition) is 1. The molecule has 2 aromatic heterocycles. The molecule has 0 unspecified atom stereocenters. The van der Waals surface area contributed by atoms with Crippen molar-refractivity contribution in [3.05, 3.63) is 48.8 Å². The van der Waals surface area contributed by atoms with E-state index >= 15 is 0 Å². The summed E-state index contributed by atoms with van der Waals surface area (Å²) < 4.78 is 0. The van der Waals surface area contributed by atoms with E-state index in [0.717, 1.165) is 73.9 Å². The lowest BCUT2D eigenvalue weighted by Gasteiger charge is -2.36. The van der Waals surface area contributed by atoms with Crippen LogP contribution in [0.15, 0.2) is 48.8 Å². The smallest absolute Gasteiger partial charge is 0.228 e.